The summed E-state index contributed by atoms with van der Waals surface area (Å²) in [4.78, 5) is 13.9. The Morgan fingerprint density at radius 1 is 1.29 bits per heavy atom. The van der Waals surface area contributed by atoms with Crippen LogP contribution in [0.25, 0.3) is 0 Å². The van der Waals surface area contributed by atoms with Crippen LogP contribution in [-0.4, -0.2) is 41.8 Å². The van der Waals surface area contributed by atoms with Crippen LogP contribution in [0.15, 0.2) is 24.3 Å². The minimum absolute atomic E-state index is 0.199. The second-order valence-corrected chi connectivity index (χ2v) is 8.08. The van der Waals surface area contributed by atoms with E-state index in [-0.39, 0.29) is 6.09 Å². The molecule has 24 heavy (non-hydrogen) atoms. The Kier molecular flexibility index (Phi) is 6.53. The Labute approximate surface area is 150 Å². The van der Waals surface area contributed by atoms with Gasteiger partial charge in [0, 0.05) is 30.2 Å². The monoisotopic (exact) mass is 352 g/mol. The zero-order valence-electron chi connectivity index (χ0n) is 15.1. The van der Waals surface area contributed by atoms with E-state index < -0.39 is 5.60 Å². The lowest BCUT2D eigenvalue weighted by atomic mass is 10.0. The Morgan fingerprint density at radius 3 is 2.42 bits per heavy atom. The lowest BCUT2D eigenvalue weighted by Gasteiger charge is -2.35. The number of hydrogen-bond acceptors (Lipinski definition) is 3. The molecule has 1 aliphatic heterocycles. The first-order valence-electron chi connectivity index (χ1n) is 8.71. The average Bonchev–Trinajstić information content (AvgIpc) is 2.48. The summed E-state index contributed by atoms with van der Waals surface area (Å²) in [5.74, 6) is 0. The summed E-state index contributed by atoms with van der Waals surface area (Å²) in [6.45, 7) is 9.41. The van der Waals surface area contributed by atoms with E-state index in [4.69, 9.17) is 16.3 Å². The number of carbonyl (C=O) groups excluding carboxylic acids is 1. The first kappa shape index (κ1) is 19.1. The fraction of sp³-hybridized carbons (Fsp3) is 0.632. The molecule has 1 aromatic rings. The van der Waals surface area contributed by atoms with Gasteiger partial charge in [-0.1, -0.05) is 23.7 Å². The highest BCUT2D eigenvalue weighted by atomic mass is 35.5. The molecule has 1 aliphatic rings. The number of ether oxygens (including phenoxy) is 1. The molecule has 2 rings (SSSR count). The van der Waals surface area contributed by atoms with Crippen molar-refractivity contribution in [3.05, 3.63) is 34.9 Å². The summed E-state index contributed by atoms with van der Waals surface area (Å²) in [6, 6.07) is 8.86. The third-order valence-electron chi connectivity index (χ3n) is 4.12. The summed E-state index contributed by atoms with van der Waals surface area (Å²) >= 11 is 5.93. The third-order valence-corrected chi connectivity index (χ3v) is 4.37. The van der Waals surface area contributed by atoms with E-state index in [9.17, 15) is 4.79 Å². The lowest BCUT2D eigenvalue weighted by molar-refractivity contribution is 0.0196. The molecule has 134 valence electrons. The van der Waals surface area contributed by atoms with E-state index in [0.29, 0.717) is 12.1 Å². The zero-order valence-corrected chi connectivity index (χ0v) is 15.9. The molecular weight excluding hydrogens is 324 g/mol. The smallest absolute Gasteiger partial charge is 0.410 e. The van der Waals surface area contributed by atoms with Crippen LogP contribution in [0.2, 0.25) is 5.02 Å². The molecule has 4 nitrogen and oxygen atoms in total. The van der Waals surface area contributed by atoms with Gasteiger partial charge in [0.25, 0.3) is 0 Å². The van der Waals surface area contributed by atoms with Gasteiger partial charge in [0.1, 0.15) is 5.60 Å². The number of piperidine rings is 1. The number of carbonyl (C=O) groups is 1. The maximum absolute atomic E-state index is 12.1. The summed E-state index contributed by atoms with van der Waals surface area (Å²) in [5.41, 5.74) is 0.852. The summed E-state index contributed by atoms with van der Waals surface area (Å²) in [7, 11) is 0. The van der Waals surface area contributed by atoms with Gasteiger partial charge < -0.3 is 15.0 Å². The van der Waals surface area contributed by atoms with E-state index in [1.807, 2.05) is 37.8 Å². The van der Waals surface area contributed by atoms with Gasteiger partial charge >= 0.3 is 6.09 Å². The molecule has 5 heteroatoms. The van der Waals surface area contributed by atoms with Crippen LogP contribution >= 0.6 is 11.6 Å². The number of amides is 1. The van der Waals surface area contributed by atoms with Crippen LogP contribution in [0, 0.1) is 0 Å². The molecule has 1 fully saturated rings. The van der Waals surface area contributed by atoms with Gasteiger partial charge in [-0.15, -0.1) is 0 Å². The minimum atomic E-state index is -0.431. The molecule has 0 aromatic heterocycles. The van der Waals surface area contributed by atoms with Crippen LogP contribution in [-0.2, 0) is 11.2 Å². The molecule has 1 amide bonds. The maximum Gasteiger partial charge on any atom is 0.410 e. The van der Waals surface area contributed by atoms with Gasteiger partial charge in [-0.3, -0.25) is 0 Å². The van der Waals surface area contributed by atoms with Crippen LogP contribution in [0.4, 0.5) is 4.79 Å². The molecule has 0 radical (unpaired) electrons. The number of benzene rings is 1. The molecular formula is C19H29ClN2O2. The molecule has 1 unspecified atom stereocenters. The fourth-order valence-electron chi connectivity index (χ4n) is 2.99. The van der Waals surface area contributed by atoms with Crippen molar-refractivity contribution in [2.24, 2.45) is 0 Å². The molecule has 0 saturated carbocycles. The van der Waals surface area contributed by atoms with Crippen molar-refractivity contribution in [1.29, 1.82) is 0 Å². The first-order chi connectivity index (χ1) is 11.2. The van der Waals surface area contributed by atoms with E-state index in [1.165, 1.54) is 5.56 Å². The predicted molar refractivity (Wildman–Crippen MR) is 98.6 cm³/mol. The molecule has 0 bridgehead atoms. The second kappa shape index (κ2) is 8.21. The maximum atomic E-state index is 12.1. The number of nitrogens with one attached hydrogen (secondary N) is 1. The number of rotatable bonds is 4. The lowest BCUT2D eigenvalue weighted by Crippen LogP contribution is -2.48. The molecule has 1 aromatic carbocycles. The molecule has 0 aliphatic carbocycles. The van der Waals surface area contributed by atoms with Crippen molar-refractivity contribution < 1.29 is 9.53 Å². The zero-order chi connectivity index (χ0) is 17.7. The largest absolute Gasteiger partial charge is 0.444 e. The van der Waals surface area contributed by atoms with Gasteiger partial charge in [-0.25, -0.2) is 4.79 Å². The van der Waals surface area contributed by atoms with Gasteiger partial charge in [-0.2, -0.15) is 0 Å². The Balaban J connectivity index is 1.74. The Morgan fingerprint density at radius 2 is 1.88 bits per heavy atom. The van der Waals surface area contributed by atoms with E-state index >= 15 is 0 Å². The highest BCUT2D eigenvalue weighted by Crippen LogP contribution is 2.17. The van der Waals surface area contributed by atoms with Crippen molar-refractivity contribution >= 4 is 17.7 Å². The van der Waals surface area contributed by atoms with Crippen molar-refractivity contribution in [3.63, 3.8) is 0 Å². The average molecular weight is 353 g/mol. The van der Waals surface area contributed by atoms with Gasteiger partial charge in [0.2, 0.25) is 0 Å². The quantitative estimate of drug-likeness (QED) is 0.880. The molecule has 1 heterocycles. The van der Waals surface area contributed by atoms with Gasteiger partial charge in [-0.05, 0) is 64.7 Å². The highest BCUT2D eigenvalue weighted by molar-refractivity contribution is 6.30. The van der Waals surface area contributed by atoms with E-state index in [2.05, 4.69) is 24.4 Å². The van der Waals surface area contributed by atoms with Crippen LogP contribution < -0.4 is 5.32 Å². The highest BCUT2D eigenvalue weighted by Gasteiger charge is 2.27. The Hall–Kier alpha value is -1.26. The summed E-state index contributed by atoms with van der Waals surface area (Å²) in [5, 5.41) is 4.45. The minimum Gasteiger partial charge on any atom is -0.444 e. The summed E-state index contributed by atoms with van der Waals surface area (Å²) in [6.07, 6.45) is 2.70. The van der Waals surface area contributed by atoms with Crippen molar-refractivity contribution in [1.82, 2.24) is 10.2 Å². The molecule has 1 atom stereocenters. The number of halogens is 1. The van der Waals surface area contributed by atoms with E-state index in [0.717, 1.165) is 37.4 Å². The number of hydrogen-bond donors (Lipinski definition) is 1. The van der Waals surface area contributed by atoms with Crippen LogP contribution in [0.1, 0.15) is 46.1 Å². The first-order valence-corrected chi connectivity index (χ1v) is 9.09. The topological polar surface area (TPSA) is 41.6 Å². The second-order valence-electron chi connectivity index (χ2n) is 7.64. The molecule has 0 spiro atoms. The molecule has 1 N–H and O–H groups in total. The number of likely N-dealkylation sites (tertiary alicyclic amines) is 1. The van der Waals surface area contributed by atoms with Crippen LogP contribution in [0.3, 0.4) is 0 Å². The third kappa shape index (κ3) is 6.33. The number of nitrogens with zero attached hydrogens (tertiary/aromatic N) is 1. The van der Waals surface area contributed by atoms with Crippen molar-refractivity contribution in [2.75, 3.05) is 13.1 Å². The van der Waals surface area contributed by atoms with Crippen molar-refractivity contribution in [2.45, 2.75) is 64.6 Å². The SMILES string of the molecule is CC(Cc1ccc(Cl)cc1)NC1CCN(C(=O)OC(C)(C)C)CC1. The van der Waals surface area contributed by atoms with E-state index in [1.54, 1.807) is 0 Å². The fourth-order valence-corrected chi connectivity index (χ4v) is 3.12. The van der Waals surface area contributed by atoms with Crippen molar-refractivity contribution in [3.8, 4) is 0 Å². The standard InChI is InChI=1S/C19H29ClN2O2/c1-14(13-15-5-7-16(20)8-6-15)21-17-9-11-22(12-10-17)18(23)24-19(2,3)4/h5-8,14,17,21H,9-13H2,1-4H3. The van der Waals surface area contributed by atoms with Gasteiger partial charge in [0.15, 0.2) is 0 Å². The normalized spacial score (nSPS) is 17.6. The van der Waals surface area contributed by atoms with Gasteiger partial charge in [0.05, 0.1) is 0 Å². The Bertz CT molecular complexity index is 531. The summed E-state index contributed by atoms with van der Waals surface area (Å²) < 4.78 is 5.44. The predicted octanol–water partition coefficient (Wildman–Crippen LogP) is 4.26. The molecule has 1 saturated heterocycles. The van der Waals surface area contributed by atoms with Crippen LogP contribution in [0.5, 0.6) is 0 Å².